The summed E-state index contributed by atoms with van der Waals surface area (Å²) in [6.45, 7) is 10.2. The fourth-order valence-electron chi connectivity index (χ4n) is 14.8. The summed E-state index contributed by atoms with van der Waals surface area (Å²) < 4.78 is 0. The Balaban J connectivity index is 1.07. The van der Waals surface area contributed by atoms with Crippen molar-refractivity contribution >= 4 is 0 Å². The molecule has 8 aliphatic carbocycles. The van der Waals surface area contributed by atoms with Crippen LogP contribution in [0.2, 0.25) is 0 Å². The zero-order valence-electron chi connectivity index (χ0n) is 31.1. The molecule has 8 aliphatic rings. The van der Waals surface area contributed by atoms with Crippen LogP contribution in [0.5, 0.6) is 0 Å². The molecule has 0 amide bonds. The van der Waals surface area contributed by atoms with Gasteiger partial charge in [-0.05, 0) is 213 Å². The van der Waals surface area contributed by atoms with E-state index in [0.717, 1.165) is 95.4 Å². The summed E-state index contributed by atoms with van der Waals surface area (Å²) in [6, 6.07) is 5.48. The fourth-order valence-corrected chi connectivity index (χ4v) is 14.8. The van der Waals surface area contributed by atoms with Crippen LogP contribution in [-0.2, 0) is 0 Å². The van der Waals surface area contributed by atoms with Crippen molar-refractivity contribution in [3.8, 4) is 0 Å². The lowest BCUT2D eigenvalue weighted by Gasteiger charge is -2.64. The molecule has 8 unspecified atom stereocenters. The minimum Gasteiger partial charge on any atom is -0.294 e. The Morgan fingerprint density at radius 2 is 0.543 bits per heavy atom. The van der Waals surface area contributed by atoms with Crippen molar-refractivity contribution in [3.05, 3.63) is 0 Å². The van der Waals surface area contributed by atoms with Crippen LogP contribution in [0.4, 0.5) is 0 Å². The van der Waals surface area contributed by atoms with Gasteiger partial charge in [-0.2, -0.15) is 0 Å². The third-order valence-corrected chi connectivity index (χ3v) is 17.3. The van der Waals surface area contributed by atoms with Gasteiger partial charge in [0.25, 0.3) is 0 Å². The molecule has 0 aromatic rings. The van der Waals surface area contributed by atoms with E-state index in [1.165, 1.54) is 103 Å². The molecule has 8 fully saturated rings. The Kier molecular flexibility index (Phi) is 10.3. The third kappa shape index (κ3) is 6.46. The van der Waals surface area contributed by atoms with E-state index >= 15 is 0 Å². The molecular formula is C44H76N2. The van der Waals surface area contributed by atoms with Gasteiger partial charge in [-0.15, -0.1) is 0 Å². The highest BCUT2D eigenvalue weighted by atomic mass is 15.2. The van der Waals surface area contributed by atoms with Crippen LogP contribution in [0, 0.1) is 59.2 Å². The van der Waals surface area contributed by atoms with Gasteiger partial charge in [0.2, 0.25) is 0 Å². The van der Waals surface area contributed by atoms with Gasteiger partial charge in [0.15, 0.2) is 0 Å². The zero-order chi connectivity index (χ0) is 31.4. The maximum Gasteiger partial charge on any atom is 0.0132 e. The topological polar surface area (TPSA) is 6.48 Å². The SMILES string of the molecule is CC1CCC(N(C2CCC(C)CC2)C2CCC3CCC4C5C(CCC2C35)CCC4N(C2CCC(C)CC2)C2CCC(C)CC2)CC1. The molecule has 262 valence electrons. The smallest absolute Gasteiger partial charge is 0.0132 e. The standard InChI is InChI=1S/C44H76N2/c1-29-5-17-35(18-6-29)45(36-19-7-30(2)8-20-36)41-27-15-33-14-26-40-42(28-16-34-13-25-39(41)43(33)44(34)40)46(37-21-9-31(3)10-22-37)38-23-11-32(4)12-24-38/h29-44H,5-28H2,1-4H3. The second-order valence-corrected chi connectivity index (χ2v) is 20.0. The quantitative estimate of drug-likeness (QED) is 0.287. The minimum absolute atomic E-state index is 0.908. The van der Waals surface area contributed by atoms with Gasteiger partial charge >= 0.3 is 0 Å². The van der Waals surface area contributed by atoms with Crippen molar-refractivity contribution in [2.24, 2.45) is 59.2 Å². The van der Waals surface area contributed by atoms with Crippen molar-refractivity contribution in [1.29, 1.82) is 0 Å². The summed E-state index contributed by atoms with van der Waals surface area (Å²) in [7, 11) is 0. The van der Waals surface area contributed by atoms with Crippen LogP contribution in [0.1, 0.15) is 182 Å². The molecule has 0 saturated heterocycles. The van der Waals surface area contributed by atoms with Crippen molar-refractivity contribution < 1.29 is 0 Å². The molecule has 0 bridgehead atoms. The molecule has 8 atom stereocenters. The van der Waals surface area contributed by atoms with E-state index in [2.05, 4.69) is 37.5 Å². The normalized spacial score (nSPS) is 51.5. The highest BCUT2D eigenvalue weighted by molar-refractivity contribution is 5.09. The monoisotopic (exact) mass is 633 g/mol. The van der Waals surface area contributed by atoms with E-state index in [9.17, 15) is 0 Å². The number of hydrogen-bond acceptors (Lipinski definition) is 2. The van der Waals surface area contributed by atoms with Crippen LogP contribution in [-0.4, -0.2) is 46.1 Å². The molecule has 0 aromatic carbocycles. The number of rotatable bonds is 6. The van der Waals surface area contributed by atoms with Gasteiger partial charge in [0.1, 0.15) is 0 Å². The van der Waals surface area contributed by atoms with E-state index < -0.39 is 0 Å². The van der Waals surface area contributed by atoms with Crippen LogP contribution < -0.4 is 0 Å². The minimum atomic E-state index is 0.908. The first-order chi connectivity index (χ1) is 22.4. The van der Waals surface area contributed by atoms with Gasteiger partial charge in [0, 0.05) is 36.3 Å². The maximum absolute atomic E-state index is 3.36. The molecular weight excluding hydrogens is 556 g/mol. The van der Waals surface area contributed by atoms with E-state index in [1.807, 2.05) is 0 Å². The van der Waals surface area contributed by atoms with Crippen LogP contribution in [0.3, 0.4) is 0 Å². The largest absolute Gasteiger partial charge is 0.294 e. The lowest BCUT2D eigenvalue weighted by molar-refractivity contribution is -0.150. The molecule has 0 aliphatic heterocycles. The summed E-state index contributed by atoms with van der Waals surface area (Å²) >= 11 is 0. The molecule has 8 rings (SSSR count). The molecule has 0 spiro atoms. The Hall–Kier alpha value is -0.0800. The van der Waals surface area contributed by atoms with Crippen molar-refractivity contribution in [2.75, 3.05) is 0 Å². The Labute approximate surface area is 286 Å². The first-order valence-corrected chi connectivity index (χ1v) is 22.0. The van der Waals surface area contributed by atoms with Crippen LogP contribution >= 0.6 is 0 Å². The van der Waals surface area contributed by atoms with E-state index in [1.54, 1.807) is 51.4 Å². The van der Waals surface area contributed by atoms with E-state index in [-0.39, 0.29) is 0 Å². The maximum atomic E-state index is 3.36. The molecule has 2 heteroatoms. The predicted octanol–water partition coefficient (Wildman–Crippen LogP) is 11.5. The van der Waals surface area contributed by atoms with Crippen LogP contribution in [0.15, 0.2) is 0 Å². The summed E-state index contributed by atoms with van der Waals surface area (Å²) in [6.07, 6.45) is 36.7. The molecule has 0 N–H and O–H groups in total. The van der Waals surface area contributed by atoms with E-state index in [0.29, 0.717) is 0 Å². The van der Waals surface area contributed by atoms with Crippen molar-refractivity contribution in [3.63, 3.8) is 0 Å². The fraction of sp³-hybridized carbons (Fsp3) is 1.00. The van der Waals surface area contributed by atoms with Crippen molar-refractivity contribution in [2.45, 2.75) is 218 Å². The van der Waals surface area contributed by atoms with Gasteiger partial charge in [-0.3, -0.25) is 9.80 Å². The average Bonchev–Trinajstić information content (AvgIpc) is 3.08. The van der Waals surface area contributed by atoms with E-state index in [4.69, 9.17) is 0 Å². The lowest BCUT2D eigenvalue weighted by atomic mass is 9.46. The Morgan fingerprint density at radius 3 is 0.826 bits per heavy atom. The predicted molar refractivity (Wildman–Crippen MR) is 195 cm³/mol. The highest BCUT2D eigenvalue weighted by Crippen LogP contribution is 2.62. The number of hydrogen-bond donors (Lipinski definition) is 0. The molecule has 8 saturated carbocycles. The molecule has 2 nitrogen and oxygen atoms in total. The molecule has 0 radical (unpaired) electrons. The molecule has 46 heavy (non-hydrogen) atoms. The van der Waals surface area contributed by atoms with Gasteiger partial charge in [-0.1, -0.05) is 27.7 Å². The van der Waals surface area contributed by atoms with Gasteiger partial charge in [0.05, 0.1) is 0 Å². The second-order valence-electron chi connectivity index (χ2n) is 20.0. The summed E-state index contributed by atoms with van der Waals surface area (Å²) in [5, 5.41) is 0. The van der Waals surface area contributed by atoms with Gasteiger partial charge < -0.3 is 0 Å². The lowest BCUT2D eigenvalue weighted by Crippen LogP contribution is -2.64. The summed E-state index contributed by atoms with van der Waals surface area (Å²) in [5.41, 5.74) is 0. The number of nitrogens with zero attached hydrogens (tertiary/aromatic N) is 2. The Morgan fingerprint density at radius 1 is 0.283 bits per heavy atom. The first kappa shape index (κ1) is 33.1. The highest BCUT2D eigenvalue weighted by Gasteiger charge is 2.58. The second kappa shape index (κ2) is 14.3. The Bertz CT molecular complexity index is 838. The van der Waals surface area contributed by atoms with Crippen molar-refractivity contribution in [1.82, 2.24) is 9.80 Å². The third-order valence-electron chi connectivity index (χ3n) is 17.3. The summed E-state index contributed by atoms with van der Waals surface area (Å²) in [4.78, 5) is 6.73. The average molecular weight is 633 g/mol. The zero-order valence-corrected chi connectivity index (χ0v) is 31.1. The molecule has 0 heterocycles. The van der Waals surface area contributed by atoms with Gasteiger partial charge in [-0.25, -0.2) is 0 Å². The van der Waals surface area contributed by atoms with Crippen LogP contribution in [0.25, 0.3) is 0 Å². The first-order valence-electron chi connectivity index (χ1n) is 22.0. The summed E-state index contributed by atoms with van der Waals surface area (Å²) in [5.74, 6) is 10.2. The molecule has 0 aromatic heterocycles.